The summed E-state index contributed by atoms with van der Waals surface area (Å²) in [5.74, 6) is 0.555. The van der Waals surface area contributed by atoms with Crippen molar-refractivity contribution in [2.24, 2.45) is 0 Å². The molecule has 0 spiro atoms. The van der Waals surface area contributed by atoms with Crippen molar-refractivity contribution in [2.45, 2.75) is 38.1 Å². The predicted octanol–water partition coefficient (Wildman–Crippen LogP) is 4.79. The fourth-order valence-corrected chi connectivity index (χ4v) is 3.60. The highest BCUT2D eigenvalue weighted by Gasteiger charge is 2.22. The molecule has 3 aromatic rings. The highest BCUT2D eigenvalue weighted by atomic mass is 16.1. The smallest absolute Gasteiger partial charge is 0.257 e. The summed E-state index contributed by atoms with van der Waals surface area (Å²) in [5.41, 5.74) is 2.69. The van der Waals surface area contributed by atoms with E-state index in [0.717, 1.165) is 23.9 Å². The SMILES string of the molecule is O=C(Nc1nc2ccccc2n1C1CCCCC1)c1ccccc1. The zero-order chi connectivity index (χ0) is 16.4. The third kappa shape index (κ3) is 2.80. The Morgan fingerprint density at radius 1 is 0.958 bits per heavy atom. The number of hydrogen-bond acceptors (Lipinski definition) is 2. The van der Waals surface area contributed by atoms with Gasteiger partial charge in [0.25, 0.3) is 5.91 Å². The van der Waals surface area contributed by atoms with Crippen molar-refractivity contribution in [1.82, 2.24) is 9.55 Å². The first kappa shape index (κ1) is 14.9. The Morgan fingerprint density at radius 3 is 2.46 bits per heavy atom. The number of fused-ring (bicyclic) bond motifs is 1. The molecule has 1 fully saturated rings. The molecule has 1 aliphatic carbocycles. The van der Waals surface area contributed by atoms with Crippen LogP contribution in [0, 0.1) is 0 Å². The quantitative estimate of drug-likeness (QED) is 0.754. The van der Waals surface area contributed by atoms with Crippen molar-refractivity contribution < 1.29 is 4.79 Å². The second-order valence-electron chi connectivity index (χ2n) is 6.41. The number of rotatable bonds is 3. The summed E-state index contributed by atoms with van der Waals surface area (Å²) in [4.78, 5) is 17.2. The Morgan fingerprint density at radius 2 is 1.67 bits per heavy atom. The zero-order valence-electron chi connectivity index (χ0n) is 13.6. The van der Waals surface area contributed by atoms with Gasteiger partial charge in [-0.2, -0.15) is 0 Å². The molecule has 0 aliphatic heterocycles. The summed E-state index contributed by atoms with van der Waals surface area (Å²) in [6.07, 6.45) is 6.07. The van der Waals surface area contributed by atoms with Crippen molar-refractivity contribution >= 4 is 22.9 Å². The molecule has 0 unspecified atom stereocenters. The third-order valence-corrected chi connectivity index (χ3v) is 4.80. The van der Waals surface area contributed by atoms with Crippen molar-refractivity contribution in [1.29, 1.82) is 0 Å². The lowest BCUT2D eigenvalue weighted by molar-refractivity contribution is 0.102. The largest absolute Gasteiger partial charge is 0.307 e. The van der Waals surface area contributed by atoms with Gasteiger partial charge in [0.2, 0.25) is 5.95 Å². The summed E-state index contributed by atoms with van der Waals surface area (Å²) in [6, 6.07) is 17.8. The predicted molar refractivity (Wildman–Crippen MR) is 96.3 cm³/mol. The van der Waals surface area contributed by atoms with E-state index in [1.54, 1.807) is 0 Å². The zero-order valence-corrected chi connectivity index (χ0v) is 13.6. The van der Waals surface area contributed by atoms with Gasteiger partial charge in [0.1, 0.15) is 0 Å². The summed E-state index contributed by atoms with van der Waals surface area (Å²) in [5, 5.41) is 3.03. The van der Waals surface area contributed by atoms with E-state index in [9.17, 15) is 4.79 Å². The lowest BCUT2D eigenvalue weighted by Crippen LogP contribution is -2.19. The van der Waals surface area contributed by atoms with Crippen LogP contribution >= 0.6 is 0 Å². The molecule has 0 radical (unpaired) electrons. The van der Waals surface area contributed by atoms with E-state index in [-0.39, 0.29) is 5.91 Å². The lowest BCUT2D eigenvalue weighted by atomic mass is 9.95. The van der Waals surface area contributed by atoms with E-state index in [1.165, 1.54) is 19.3 Å². The average Bonchev–Trinajstić information content (AvgIpc) is 3.01. The summed E-state index contributed by atoms with van der Waals surface area (Å²) >= 11 is 0. The number of nitrogens with one attached hydrogen (secondary N) is 1. The van der Waals surface area contributed by atoms with Crippen LogP contribution in [0.4, 0.5) is 5.95 Å². The van der Waals surface area contributed by atoms with Gasteiger partial charge >= 0.3 is 0 Å². The van der Waals surface area contributed by atoms with Crippen LogP contribution < -0.4 is 5.32 Å². The first-order valence-electron chi connectivity index (χ1n) is 8.66. The molecule has 1 aliphatic rings. The minimum absolute atomic E-state index is 0.108. The number of aromatic nitrogens is 2. The molecule has 24 heavy (non-hydrogen) atoms. The van der Waals surface area contributed by atoms with Crippen molar-refractivity contribution in [3.8, 4) is 0 Å². The number of carbonyl (C=O) groups excluding carboxylic acids is 1. The lowest BCUT2D eigenvalue weighted by Gasteiger charge is -2.25. The fraction of sp³-hybridized carbons (Fsp3) is 0.300. The monoisotopic (exact) mass is 319 g/mol. The summed E-state index contributed by atoms with van der Waals surface area (Å²) in [6.45, 7) is 0. The van der Waals surface area contributed by atoms with Gasteiger partial charge < -0.3 is 4.57 Å². The maximum atomic E-state index is 12.6. The Kier molecular flexibility index (Phi) is 4.03. The Labute approximate surface area is 141 Å². The fourth-order valence-electron chi connectivity index (χ4n) is 3.60. The number of carbonyl (C=O) groups is 1. The molecule has 1 amide bonds. The van der Waals surface area contributed by atoms with Gasteiger partial charge in [-0.15, -0.1) is 0 Å². The van der Waals surface area contributed by atoms with Gasteiger partial charge in [-0.3, -0.25) is 10.1 Å². The molecule has 1 N–H and O–H groups in total. The molecule has 4 nitrogen and oxygen atoms in total. The summed E-state index contributed by atoms with van der Waals surface area (Å²) < 4.78 is 2.23. The van der Waals surface area contributed by atoms with Crippen LogP contribution in [0.25, 0.3) is 11.0 Å². The molecule has 0 atom stereocenters. The minimum Gasteiger partial charge on any atom is -0.307 e. The minimum atomic E-state index is -0.108. The van der Waals surface area contributed by atoms with Gasteiger partial charge in [-0.25, -0.2) is 4.98 Å². The van der Waals surface area contributed by atoms with Crippen LogP contribution in [0.1, 0.15) is 48.5 Å². The molecule has 1 saturated carbocycles. The highest BCUT2D eigenvalue weighted by Crippen LogP contribution is 2.34. The number of anilines is 1. The second kappa shape index (κ2) is 6.48. The van der Waals surface area contributed by atoms with Crippen molar-refractivity contribution in [3.05, 3.63) is 60.2 Å². The van der Waals surface area contributed by atoms with Crippen molar-refractivity contribution in [2.75, 3.05) is 5.32 Å². The number of para-hydroxylation sites is 2. The molecule has 4 heteroatoms. The molecule has 122 valence electrons. The maximum Gasteiger partial charge on any atom is 0.257 e. The highest BCUT2D eigenvalue weighted by molar-refractivity contribution is 6.04. The topological polar surface area (TPSA) is 46.9 Å². The number of hydrogen-bond donors (Lipinski definition) is 1. The molecule has 0 saturated heterocycles. The van der Waals surface area contributed by atoms with Gasteiger partial charge in [0.05, 0.1) is 11.0 Å². The van der Waals surface area contributed by atoms with E-state index >= 15 is 0 Å². The van der Waals surface area contributed by atoms with E-state index < -0.39 is 0 Å². The maximum absolute atomic E-state index is 12.6. The van der Waals surface area contributed by atoms with Crippen LogP contribution in [0.2, 0.25) is 0 Å². The van der Waals surface area contributed by atoms with E-state index in [1.807, 2.05) is 48.5 Å². The van der Waals surface area contributed by atoms with Gasteiger partial charge in [0.15, 0.2) is 0 Å². The van der Waals surface area contributed by atoms with E-state index in [4.69, 9.17) is 0 Å². The average molecular weight is 319 g/mol. The number of benzene rings is 2. The Balaban J connectivity index is 1.72. The van der Waals surface area contributed by atoms with Crippen LogP contribution in [-0.4, -0.2) is 15.5 Å². The number of amides is 1. The Bertz CT molecular complexity index is 848. The summed E-state index contributed by atoms with van der Waals surface area (Å²) in [7, 11) is 0. The molecule has 4 rings (SSSR count). The molecule has 1 aromatic heterocycles. The van der Waals surface area contributed by atoms with Crippen molar-refractivity contribution in [3.63, 3.8) is 0 Å². The van der Waals surface area contributed by atoms with Crippen LogP contribution in [0.3, 0.4) is 0 Å². The normalized spacial score (nSPS) is 15.5. The van der Waals surface area contributed by atoms with Crippen LogP contribution in [0.5, 0.6) is 0 Å². The van der Waals surface area contributed by atoms with Crippen LogP contribution in [0.15, 0.2) is 54.6 Å². The molecule has 0 bridgehead atoms. The first-order valence-corrected chi connectivity index (χ1v) is 8.66. The standard InChI is InChI=1S/C20H21N3O/c24-19(15-9-3-1-4-10-15)22-20-21-17-13-7-8-14-18(17)23(20)16-11-5-2-6-12-16/h1,3-4,7-10,13-14,16H,2,5-6,11-12H2,(H,21,22,24). The van der Waals surface area contributed by atoms with Crippen LogP contribution in [-0.2, 0) is 0 Å². The van der Waals surface area contributed by atoms with Gasteiger partial charge in [-0.1, -0.05) is 49.6 Å². The van der Waals surface area contributed by atoms with E-state index in [2.05, 4.69) is 20.9 Å². The first-order chi connectivity index (χ1) is 11.8. The number of nitrogens with zero attached hydrogens (tertiary/aromatic N) is 2. The number of imidazole rings is 1. The van der Waals surface area contributed by atoms with E-state index in [0.29, 0.717) is 17.6 Å². The molecular formula is C20H21N3O. The molecule has 1 heterocycles. The van der Waals surface area contributed by atoms with Gasteiger partial charge in [-0.05, 0) is 37.1 Å². The van der Waals surface area contributed by atoms with Gasteiger partial charge in [0, 0.05) is 11.6 Å². The second-order valence-corrected chi connectivity index (χ2v) is 6.41. The molecular weight excluding hydrogens is 298 g/mol. The third-order valence-electron chi connectivity index (χ3n) is 4.80. The molecule has 2 aromatic carbocycles. The Hall–Kier alpha value is -2.62.